The maximum absolute atomic E-state index is 4.92. The SMILES string of the molecule is CC1(C)c2ccccc2-c2c1n(-c1cccc3c1ncn3-c1ccccc1)c1ccccc21. The summed E-state index contributed by atoms with van der Waals surface area (Å²) in [5.74, 6) is 0. The molecule has 6 aromatic rings. The lowest BCUT2D eigenvalue weighted by molar-refractivity contribution is 0.624. The molecule has 2 aromatic heterocycles. The fourth-order valence-electron chi connectivity index (χ4n) is 5.73. The van der Waals surface area contributed by atoms with Crippen LogP contribution in [0.2, 0.25) is 0 Å². The van der Waals surface area contributed by atoms with Crippen LogP contribution in [0.25, 0.3) is 44.4 Å². The van der Waals surface area contributed by atoms with Crippen molar-refractivity contribution in [1.29, 1.82) is 0 Å². The van der Waals surface area contributed by atoms with Gasteiger partial charge in [-0.3, -0.25) is 4.57 Å². The zero-order valence-corrected chi connectivity index (χ0v) is 18.7. The summed E-state index contributed by atoms with van der Waals surface area (Å²) in [4.78, 5) is 4.92. The molecule has 3 nitrogen and oxygen atoms in total. The minimum absolute atomic E-state index is 0.116. The van der Waals surface area contributed by atoms with Crippen molar-refractivity contribution >= 4 is 21.9 Å². The largest absolute Gasteiger partial charge is 0.310 e. The maximum atomic E-state index is 4.92. The summed E-state index contributed by atoms with van der Waals surface area (Å²) in [5, 5.41) is 1.30. The summed E-state index contributed by atoms with van der Waals surface area (Å²) >= 11 is 0. The first kappa shape index (κ1) is 18.5. The first-order valence-corrected chi connectivity index (χ1v) is 11.4. The minimum Gasteiger partial charge on any atom is -0.310 e. The third-order valence-electron chi connectivity index (χ3n) is 7.17. The molecule has 0 atom stereocenters. The average molecular weight is 426 g/mol. The Labute approximate surface area is 192 Å². The average Bonchev–Trinajstić information content (AvgIpc) is 3.50. The molecule has 7 rings (SSSR count). The fraction of sp³-hybridized carbons (Fsp3) is 0.100. The van der Waals surface area contributed by atoms with Gasteiger partial charge >= 0.3 is 0 Å². The van der Waals surface area contributed by atoms with Crippen molar-refractivity contribution in [3.8, 4) is 22.5 Å². The van der Waals surface area contributed by atoms with Crippen LogP contribution in [0.3, 0.4) is 0 Å². The van der Waals surface area contributed by atoms with Gasteiger partial charge in [0.15, 0.2) is 0 Å². The standard InChI is InChI=1S/C30H23N3/c1-30(2)23-15-8-6-13-21(23)27-22-14-7-9-16-24(22)33(29(27)30)26-18-10-17-25-28(26)31-19-32(25)20-11-4-3-5-12-20/h3-19H,1-2H3. The molecular weight excluding hydrogens is 402 g/mol. The van der Waals surface area contributed by atoms with Crippen molar-refractivity contribution in [2.45, 2.75) is 19.3 Å². The summed E-state index contributed by atoms with van der Waals surface area (Å²) in [6.07, 6.45) is 1.94. The topological polar surface area (TPSA) is 22.8 Å². The molecular formula is C30H23N3. The highest BCUT2D eigenvalue weighted by molar-refractivity contribution is 6.04. The molecule has 33 heavy (non-hydrogen) atoms. The number of para-hydroxylation sites is 3. The number of hydrogen-bond donors (Lipinski definition) is 0. The lowest BCUT2D eigenvalue weighted by Gasteiger charge is -2.24. The van der Waals surface area contributed by atoms with E-state index >= 15 is 0 Å². The third-order valence-corrected chi connectivity index (χ3v) is 7.17. The van der Waals surface area contributed by atoms with Crippen molar-refractivity contribution in [1.82, 2.24) is 14.1 Å². The first-order chi connectivity index (χ1) is 16.2. The zero-order chi connectivity index (χ0) is 22.2. The molecule has 0 saturated heterocycles. The molecule has 0 bridgehead atoms. The van der Waals surface area contributed by atoms with Crippen LogP contribution < -0.4 is 0 Å². The van der Waals surface area contributed by atoms with E-state index < -0.39 is 0 Å². The van der Waals surface area contributed by atoms with Gasteiger partial charge in [0.2, 0.25) is 0 Å². The van der Waals surface area contributed by atoms with Crippen LogP contribution in [-0.4, -0.2) is 14.1 Å². The minimum atomic E-state index is -0.116. The smallest absolute Gasteiger partial charge is 0.113 e. The quantitative estimate of drug-likeness (QED) is 0.286. The zero-order valence-electron chi connectivity index (χ0n) is 18.7. The van der Waals surface area contributed by atoms with Gasteiger partial charge in [-0.05, 0) is 41.5 Å². The van der Waals surface area contributed by atoms with Crippen LogP contribution >= 0.6 is 0 Å². The second-order valence-corrected chi connectivity index (χ2v) is 9.34. The van der Waals surface area contributed by atoms with Crippen LogP contribution in [0.4, 0.5) is 0 Å². The summed E-state index contributed by atoms with van der Waals surface area (Å²) in [6.45, 7) is 4.69. The molecule has 0 spiro atoms. The van der Waals surface area contributed by atoms with Crippen LogP contribution in [0.5, 0.6) is 0 Å². The number of rotatable bonds is 2. The number of nitrogens with zero attached hydrogens (tertiary/aromatic N) is 3. The predicted molar refractivity (Wildman–Crippen MR) is 135 cm³/mol. The Bertz CT molecular complexity index is 1680. The van der Waals surface area contributed by atoms with E-state index in [9.17, 15) is 0 Å². The molecule has 3 heteroatoms. The highest BCUT2D eigenvalue weighted by atomic mass is 15.1. The van der Waals surface area contributed by atoms with Crippen LogP contribution in [0.1, 0.15) is 25.1 Å². The predicted octanol–water partition coefficient (Wildman–Crippen LogP) is 7.28. The van der Waals surface area contributed by atoms with Gasteiger partial charge in [0.05, 0.1) is 16.7 Å². The van der Waals surface area contributed by atoms with E-state index in [-0.39, 0.29) is 5.41 Å². The fourth-order valence-corrected chi connectivity index (χ4v) is 5.73. The molecule has 0 radical (unpaired) electrons. The van der Waals surface area contributed by atoms with Gasteiger partial charge in [-0.2, -0.15) is 0 Å². The number of benzene rings is 4. The number of imidazole rings is 1. The normalized spacial score (nSPS) is 14.0. The van der Waals surface area contributed by atoms with Gasteiger partial charge < -0.3 is 4.57 Å². The Kier molecular flexibility index (Phi) is 3.61. The van der Waals surface area contributed by atoms with Crippen molar-refractivity contribution in [3.05, 3.63) is 115 Å². The maximum Gasteiger partial charge on any atom is 0.113 e. The number of fused-ring (bicyclic) bond motifs is 6. The molecule has 158 valence electrons. The second kappa shape index (κ2) is 6.46. The van der Waals surface area contributed by atoms with E-state index in [1.807, 2.05) is 12.4 Å². The Hall–Kier alpha value is -4.11. The lowest BCUT2D eigenvalue weighted by Crippen LogP contribution is -2.20. The van der Waals surface area contributed by atoms with Gasteiger partial charge in [-0.25, -0.2) is 4.98 Å². The van der Waals surface area contributed by atoms with Crippen LogP contribution in [0.15, 0.2) is 103 Å². The summed E-state index contributed by atoms with van der Waals surface area (Å²) in [5.41, 5.74) is 10.9. The monoisotopic (exact) mass is 425 g/mol. The Morgan fingerprint density at radius 1 is 0.697 bits per heavy atom. The first-order valence-electron chi connectivity index (χ1n) is 11.4. The highest BCUT2D eigenvalue weighted by Gasteiger charge is 2.40. The van der Waals surface area contributed by atoms with E-state index in [1.165, 1.54) is 33.3 Å². The van der Waals surface area contributed by atoms with E-state index in [4.69, 9.17) is 4.98 Å². The summed E-state index contributed by atoms with van der Waals surface area (Å²) in [6, 6.07) is 34.6. The molecule has 1 aliphatic rings. The number of aromatic nitrogens is 3. The molecule has 0 fully saturated rings. The Morgan fingerprint density at radius 3 is 2.30 bits per heavy atom. The van der Waals surface area contributed by atoms with E-state index in [0.717, 1.165) is 22.4 Å². The molecule has 0 N–H and O–H groups in total. The summed E-state index contributed by atoms with van der Waals surface area (Å²) in [7, 11) is 0. The molecule has 2 heterocycles. The van der Waals surface area contributed by atoms with Gasteiger partial charge in [0, 0.05) is 27.7 Å². The van der Waals surface area contributed by atoms with Crippen molar-refractivity contribution in [2.24, 2.45) is 0 Å². The van der Waals surface area contributed by atoms with Gasteiger partial charge in [0.1, 0.15) is 11.8 Å². The van der Waals surface area contributed by atoms with E-state index in [0.29, 0.717) is 0 Å². The molecule has 1 aliphatic carbocycles. The molecule has 0 aliphatic heterocycles. The van der Waals surface area contributed by atoms with Gasteiger partial charge in [-0.1, -0.05) is 80.6 Å². The number of hydrogen-bond acceptors (Lipinski definition) is 1. The second-order valence-electron chi connectivity index (χ2n) is 9.34. The molecule has 4 aromatic carbocycles. The van der Waals surface area contributed by atoms with Crippen LogP contribution in [-0.2, 0) is 5.41 Å². The molecule has 0 amide bonds. The van der Waals surface area contributed by atoms with Crippen molar-refractivity contribution in [3.63, 3.8) is 0 Å². The Morgan fingerprint density at radius 2 is 1.42 bits per heavy atom. The molecule has 0 unspecified atom stereocenters. The van der Waals surface area contributed by atoms with E-state index in [1.54, 1.807) is 0 Å². The Balaban J connectivity index is 1.59. The van der Waals surface area contributed by atoms with Gasteiger partial charge in [-0.15, -0.1) is 0 Å². The van der Waals surface area contributed by atoms with Crippen molar-refractivity contribution in [2.75, 3.05) is 0 Å². The lowest BCUT2D eigenvalue weighted by atomic mass is 9.85. The third kappa shape index (κ3) is 2.37. The van der Waals surface area contributed by atoms with Crippen LogP contribution in [0, 0.1) is 0 Å². The molecule has 0 saturated carbocycles. The summed E-state index contributed by atoms with van der Waals surface area (Å²) < 4.78 is 4.62. The van der Waals surface area contributed by atoms with Gasteiger partial charge in [0.25, 0.3) is 0 Å². The highest BCUT2D eigenvalue weighted by Crippen LogP contribution is 2.53. The van der Waals surface area contributed by atoms with Crippen molar-refractivity contribution < 1.29 is 0 Å². The van der Waals surface area contributed by atoms with E-state index in [2.05, 4.69) is 114 Å².